The Hall–Kier alpha value is -2.05. The predicted octanol–water partition coefficient (Wildman–Crippen LogP) is 3.90. The van der Waals surface area contributed by atoms with Crippen LogP contribution in [0, 0.1) is 12.8 Å². The zero-order valence-electron chi connectivity index (χ0n) is 15.5. The Bertz CT molecular complexity index is 732. The van der Waals surface area contributed by atoms with E-state index in [0.29, 0.717) is 5.92 Å². The Morgan fingerprint density at radius 1 is 1.19 bits per heavy atom. The highest BCUT2D eigenvalue weighted by molar-refractivity contribution is 6.01. The molecule has 148 valence electrons. The molecular formula is C20H25F3N2O2. The number of hydrogen-bond acceptors (Lipinski definition) is 2. The van der Waals surface area contributed by atoms with E-state index in [-0.39, 0.29) is 18.9 Å². The lowest BCUT2D eigenvalue weighted by Crippen LogP contribution is -2.54. The zero-order valence-corrected chi connectivity index (χ0v) is 15.5. The smallest absolute Gasteiger partial charge is 0.349 e. The van der Waals surface area contributed by atoms with E-state index in [9.17, 15) is 22.8 Å². The van der Waals surface area contributed by atoms with Gasteiger partial charge in [0.25, 0.3) is 0 Å². The summed E-state index contributed by atoms with van der Waals surface area (Å²) in [6, 6.07) is 4.08. The van der Waals surface area contributed by atoms with Crippen LogP contribution >= 0.6 is 0 Å². The molecule has 1 fully saturated rings. The average molecular weight is 382 g/mol. The SMILES string of the molecule is CCC1CCC(NC(=O)C2CCC(C(F)(F)F)NC2=O)c2ccc(C)cc21. The van der Waals surface area contributed by atoms with Crippen molar-refractivity contribution in [2.75, 3.05) is 0 Å². The van der Waals surface area contributed by atoms with Gasteiger partial charge < -0.3 is 10.6 Å². The number of aryl methyl sites for hydroxylation is 1. The number of fused-ring (bicyclic) bond motifs is 1. The van der Waals surface area contributed by atoms with Crippen molar-refractivity contribution < 1.29 is 22.8 Å². The van der Waals surface area contributed by atoms with Crippen molar-refractivity contribution >= 4 is 11.8 Å². The minimum absolute atomic E-state index is 0.0904. The van der Waals surface area contributed by atoms with Crippen molar-refractivity contribution in [2.24, 2.45) is 5.92 Å². The molecule has 4 atom stereocenters. The largest absolute Gasteiger partial charge is 0.408 e. The van der Waals surface area contributed by atoms with E-state index in [1.54, 1.807) is 0 Å². The number of piperidine rings is 1. The van der Waals surface area contributed by atoms with Crippen molar-refractivity contribution in [1.82, 2.24) is 10.6 Å². The van der Waals surface area contributed by atoms with E-state index in [2.05, 4.69) is 18.3 Å². The van der Waals surface area contributed by atoms with E-state index in [1.165, 1.54) is 5.56 Å². The lowest BCUT2D eigenvalue weighted by atomic mass is 9.78. The van der Waals surface area contributed by atoms with Crippen molar-refractivity contribution in [3.63, 3.8) is 0 Å². The third kappa shape index (κ3) is 4.12. The maximum Gasteiger partial charge on any atom is 0.408 e. The quantitative estimate of drug-likeness (QED) is 0.779. The normalized spacial score (nSPS) is 28.3. The van der Waals surface area contributed by atoms with E-state index in [0.717, 1.165) is 30.4 Å². The molecule has 2 aliphatic rings. The molecule has 0 radical (unpaired) electrons. The Morgan fingerprint density at radius 3 is 2.56 bits per heavy atom. The first kappa shape index (κ1) is 19.7. The molecule has 0 aromatic heterocycles. The Labute approximate surface area is 156 Å². The second-order valence-corrected chi connectivity index (χ2v) is 7.61. The van der Waals surface area contributed by atoms with Crippen molar-refractivity contribution in [3.8, 4) is 0 Å². The van der Waals surface area contributed by atoms with Crippen LogP contribution in [0.1, 0.15) is 67.7 Å². The molecule has 0 bridgehead atoms. The van der Waals surface area contributed by atoms with Crippen molar-refractivity contribution in [1.29, 1.82) is 0 Å². The van der Waals surface area contributed by atoms with Gasteiger partial charge in [0.2, 0.25) is 11.8 Å². The fourth-order valence-electron chi connectivity index (χ4n) is 4.19. The van der Waals surface area contributed by atoms with Gasteiger partial charge in [-0.15, -0.1) is 0 Å². The van der Waals surface area contributed by atoms with Gasteiger partial charge in [0.05, 0.1) is 6.04 Å². The lowest BCUT2D eigenvalue weighted by molar-refractivity contribution is -0.171. The van der Waals surface area contributed by atoms with Crippen LogP contribution in [0.15, 0.2) is 18.2 Å². The molecule has 27 heavy (non-hydrogen) atoms. The standard InChI is InChI=1S/C20H25F3N2O2/c1-3-12-5-8-16(13-6-4-11(2)10-15(12)13)24-18(26)14-7-9-17(20(21,22)23)25-19(14)27/h4,6,10,12,14,16-17H,3,5,7-9H2,1-2H3,(H,24,26)(H,25,27). The second kappa shape index (κ2) is 7.52. The highest BCUT2D eigenvalue weighted by Crippen LogP contribution is 2.40. The topological polar surface area (TPSA) is 58.2 Å². The molecule has 0 spiro atoms. The fraction of sp³-hybridized carbons (Fsp3) is 0.600. The first-order chi connectivity index (χ1) is 12.7. The molecule has 1 heterocycles. The number of benzene rings is 1. The van der Waals surface area contributed by atoms with Crippen LogP contribution in [0.2, 0.25) is 0 Å². The molecule has 2 N–H and O–H groups in total. The van der Waals surface area contributed by atoms with Gasteiger partial charge in [-0.05, 0) is 56.1 Å². The summed E-state index contributed by atoms with van der Waals surface area (Å²) in [5.74, 6) is -1.95. The minimum atomic E-state index is -4.48. The highest BCUT2D eigenvalue weighted by atomic mass is 19.4. The summed E-state index contributed by atoms with van der Waals surface area (Å²) < 4.78 is 38.3. The van der Waals surface area contributed by atoms with E-state index < -0.39 is 30.0 Å². The molecule has 1 saturated heterocycles. The molecule has 3 rings (SSSR count). The Morgan fingerprint density at radius 2 is 1.93 bits per heavy atom. The van der Waals surface area contributed by atoms with Gasteiger partial charge >= 0.3 is 6.18 Å². The number of carbonyl (C=O) groups is 2. The number of rotatable bonds is 3. The van der Waals surface area contributed by atoms with Crippen LogP contribution in [0.25, 0.3) is 0 Å². The Balaban J connectivity index is 1.71. The summed E-state index contributed by atoms with van der Waals surface area (Å²) in [6.07, 6.45) is -2.13. The minimum Gasteiger partial charge on any atom is -0.349 e. The van der Waals surface area contributed by atoms with Crippen LogP contribution < -0.4 is 10.6 Å². The first-order valence-electron chi connectivity index (χ1n) is 9.48. The van der Waals surface area contributed by atoms with Crippen LogP contribution in [-0.4, -0.2) is 24.0 Å². The summed E-state index contributed by atoms with van der Waals surface area (Å²) in [5.41, 5.74) is 3.43. The van der Waals surface area contributed by atoms with Crippen LogP contribution in [0.5, 0.6) is 0 Å². The maximum absolute atomic E-state index is 12.8. The van der Waals surface area contributed by atoms with Gasteiger partial charge in [0.15, 0.2) is 0 Å². The summed E-state index contributed by atoms with van der Waals surface area (Å²) in [7, 11) is 0. The molecule has 1 aliphatic heterocycles. The molecule has 1 aromatic rings. The predicted molar refractivity (Wildman–Crippen MR) is 95.0 cm³/mol. The average Bonchev–Trinajstić information content (AvgIpc) is 2.60. The molecule has 7 heteroatoms. The maximum atomic E-state index is 12.8. The molecule has 4 unspecified atom stereocenters. The third-order valence-corrected chi connectivity index (χ3v) is 5.76. The number of halogens is 3. The van der Waals surface area contributed by atoms with Crippen molar-refractivity contribution in [3.05, 3.63) is 34.9 Å². The molecule has 4 nitrogen and oxygen atoms in total. The second-order valence-electron chi connectivity index (χ2n) is 7.61. The van der Waals surface area contributed by atoms with E-state index >= 15 is 0 Å². The monoisotopic (exact) mass is 382 g/mol. The van der Waals surface area contributed by atoms with Gasteiger partial charge in [-0.3, -0.25) is 9.59 Å². The van der Waals surface area contributed by atoms with Gasteiger partial charge in [-0.2, -0.15) is 13.2 Å². The van der Waals surface area contributed by atoms with Crippen LogP contribution in [-0.2, 0) is 9.59 Å². The highest BCUT2D eigenvalue weighted by Gasteiger charge is 2.46. The lowest BCUT2D eigenvalue weighted by Gasteiger charge is -2.34. The van der Waals surface area contributed by atoms with Gasteiger partial charge in [-0.25, -0.2) is 0 Å². The van der Waals surface area contributed by atoms with Gasteiger partial charge in [0, 0.05) is 0 Å². The third-order valence-electron chi connectivity index (χ3n) is 5.76. The van der Waals surface area contributed by atoms with Crippen molar-refractivity contribution in [2.45, 2.75) is 70.1 Å². The number of alkyl halides is 3. The number of amides is 2. The molecule has 1 aromatic carbocycles. The number of carbonyl (C=O) groups excluding carboxylic acids is 2. The summed E-state index contributed by atoms with van der Waals surface area (Å²) in [4.78, 5) is 24.7. The number of nitrogens with one attached hydrogen (secondary N) is 2. The summed E-state index contributed by atoms with van der Waals surface area (Å²) in [5, 5.41) is 4.85. The van der Waals surface area contributed by atoms with Crippen LogP contribution in [0.4, 0.5) is 13.2 Å². The fourth-order valence-corrected chi connectivity index (χ4v) is 4.19. The first-order valence-corrected chi connectivity index (χ1v) is 9.48. The Kier molecular flexibility index (Phi) is 5.49. The molecule has 2 amide bonds. The summed E-state index contributed by atoms with van der Waals surface area (Å²) >= 11 is 0. The number of hydrogen-bond donors (Lipinski definition) is 2. The van der Waals surface area contributed by atoms with Gasteiger partial charge in [0.1, 0.15) is 12.0 Å². The molecular weight excluding hydrogens is 357 g/mol. The zero-order chi connectivity index (χ0) is 19.8. The summed E-state index contributed by atoms with van der Waals surface area (Å²) in [6.45, 7) is 4.16. The molecule has 1 aliphatic carbocycles. The van der Waals surface area contributed by atoms with Crippen LogP contribution in [0.3, 0.4) is 0 Å². The van der Waals surface area contributed by atoms with E-state index in [4.69, 9.17) is 0 Å². The molecule has 0 saturated carbocycles. The van der Waals surface area contributed by atoms with Gasteiger partial charge in [-0.1, -0.05) is 30.7 Å². The van der Waals surface area contributed by atoms with E-state index in [1.807, 2.05) is 24.4 Å².